The molecule has 21 heavy (non-hydrogen) atoms. The van der Waals surface area contributed by atoms with Crippen molar-refractivity contribution >= 4 is 23.4 Å². The fourth-order valence-electron chi connectivity index (χ4n) is 1.59. The molecule has 2 rings (SSSR count). The number of ketones is 1. The molecule has 0 aliphatic rings. The van der Waals surface area contributed by atoms with Crippen LogP contribution in [0, 0.1) is 10.1 Å². The number of non-ortho nitro benzene ring substituents is 1. The van der Waals surface area contributed by atoms with E-state index in [1.807, 2.05) is 0 Å². The first-order valence-electron chi connectivity index (χ1n) is 5.93. The molecule has 0 spiro atoms. The van der Waals surface area contributed by atoms with E-state index < -0.39 is 10.7 Å². The van der Waals surface area contributed by atoms with E-state index in [1.165, 1.54) is 36.4 Å². The predicted molar refractivity (Wildman–Crippen MR) is 77.6 cm³/mol. The number of nitro benzene ring substituents is 1. The Labute approximate surface area is 119 Å². The van der Waals surface area contributed by atoms with E-state index in [1.54, 1.807) is 12.1 Å². The number of carbonyl (C=O) groups excluding carboxylic acids is 1. The number of benzene rings is 2. The maximum Gasteiger partial charge on any atom is 0.270 e. The number of nitrogens with one attached hydrogen (secondary N) is 1. The third-order valence-corrected chi connectivity index (χ3v) is 2.56. The summed E-state index contributed by atoms with van der Waals surface area (Å²) in [7, 11) is 0. The molecule has 7 nitrogen and oxygen atoms in total. The van der Waals surface area contributed by atoms with Gasteiger partial charge in [0.15, 0.2) is 0 Å². The molecule has 2 aromatic carbocycles. The maximum absolute atomic E-state index is 11.8. The third-order valence-electron chi connectivity index (χ3n) is 2.56. The Balaban J connectivity index is 2.05. The lowest BCUT2D eigenvalue weighted by Crippen LogP contribution is -2.03. The Morgan fingerprint density at radius 2 is 2.00 bits per heavy atom. The van der Waals surface area contributed by atoms with Gasteiger partial charge in [-0.25, -0.2) is 0 Å². The topological polar surface area (TPSA) is 105 Å². The van der Waals surface area contributed by atoms with Crippen LogP contribution in [0.1, 0.15) is 10.4 Å². The van der Waals surface area contributed by atoms with Crippen LogP contribution in [0.3, 0.4) is 0 Å². The molecule has 0 bridgehead atoms. The monoisotopic (exact) mass is 285 g/mol. The van der Waals surface area contributed by atoms with Crippen LogP contribution in [0.15, 0.2) is 53.6 Å². The Morgan fingerprint density at radius 1 is 1.24 bits per heavy atom. The van der Waals surface area contributed by atoms with Crippen molar-refractivity contribution in [3.63, 3.8) is 0 Å². The van der Waals surface area contributed by atoms with Crippen LogP contribution in [-0.4, -0.2) is 22.0 Å². The van der Waals surface area contributed by atoms with Gasteiger partial charge in [-0.3, -0.25) is 20.3 Å². The zero-order chi connectivity index (χ0) is 15.2. The van der Waals surface area contributed by atoms with Gasteiger partial charge in [-0.15, -0.1) is 0 Å². The number of anilines is 1. The summed E-state index contributed by atoms with van der Waals surface area (Å²) in [6.45, 7) is 0. The van der Waals surface area contributed by atoms with Crippen molar-refractivity contribution in [2.24, 2.45) is 5.10 Å². The average Bonchev–Trinajstić information content (AvgIpc) is 2.47. The molecule has 0 amide bonds. The Hall–Kier alpha value is -3.22. The van der Waals surface area contributed by atoms with Gasteiger partial charge in [0.1, 0.15) is 5.75 Å². The highest BCUT2D eigenvalue weighted by Gasteiger charge is 2.09. The molecule has 0 radical (unpaired) electrons. The molecule has 0 fully saturated rings. The second-order valence-corrected chi connectivity index (χ2v) is 4.09. The lowest BCUT2D eigenvalue weighted by molar-refractivity contribution is -0.384. The van der Waals surface area contributed by atoms with Gasteiger partial charge in [0.25, 0.3) is 5.69 Å². The van der Waals surface area contributed by atoms with Crippen molar-refractivity contribution in [3.8, 4) is 5.75 Å². The van der Waals surface area contributed by atoms with Crippen molar-refractivity contribution < 1.29 is 14.8 Å². The summed E-state index contributed by atoms with van der Waals surface area (Å²) < 4.78 is 0. The van der Waals surface area contributed by atoms with E-state index in [2.05, 4.69) is 10.5 Å². The summed E-state index contributed by atoms with van der Waals surface area (Å²) in [5, 5.41) is 23.6. The van der Waals surface area contributed by atoms with Crippen molar-refractivity contribution in [2.45, 2.75) is 0 Å². The molecule has 106 valence electrons. The molecule has 0 aliphatic carbocycles. The molecule has 0 saturated carbocycles. The minimum absolute atomic E-state index is 0.0696. The van der Waals surface area contributed by atoms with Gasteiger partial charge in [-0.2, -0.15) is 5.10 Å². The van der Waals surface area contributed by atoms with E-state index in [0.717, 1.165) is 6.21 Å². The average molecular weight is 285 g/mol. The molecule has 0 heterocycles. The van der Waals surface area contributed by atoms with Crippen molar-refractivity contribution in [2.75, 3.05) is 5.43 Å². The molecular weight excluding hydrogens is 274 g/mol. The summed E-state index contributed by atoms with van der Waals surface area (Å²) in [6, 6.07) is 11.6. The molecular formula is C14H11N3O4. The quantitative estimate of drug-likeness (QED) is 0.380. The van der Waals surface area contributed by atoms with Gasteiger partial charge in [0.2, 0.25) is 5.78 Å². The number of aromatic hydroxyl groups is 1. The lowest BCUT2D eigenvalue weighted by atomic mass is 10.1. The van der Waals surface area contributed by atoms with Crippen LogP contribution < -0.4 is 5.43 Å². The zero-order valence-electron chi connectivity index (χ0n) is 10.8. The fourth-order valence-corrected chi connectivity index (χ4v) is 1.59. The molecule has 0 aliphatic heterocycles. The minimum Gasteiger partial charge on any atom is -0.508 e. The number of phenols is 1. The van der Waals surface area contributed by atoms with Gasteiger partial charge in [-0.05, 0) is 12.1 Å². The van der Waals surface area contributed by atoms with E-state index in [-0.39, 0.29) is 17.0 Å². The molecule has 2 N–H and O–H groups in total. The number of nitrogens with zero attached hydrogens (tertiary/aromatic N) is 2. The minimum atomic E-state index is -0.571. The fraction of sp³-hybridized carbons (Fsp3) is 0. The first-order valence-corrected chi connectivity index (χ1v) is 5.93. The van der Waals surface area contributed by atoms with Gasteiger partial charge >= 0.3 is 0 Å². The molecule has 0 aromatic heterocycles. The lowest BCUT2D eigenvalue weighted by Gasteiger charge is -2.00. The van der Waals surface area contributed by atoms with Gasteiger partial charge in [-0.1, -0.05) is 18.2 Å². The summed E-state index contributed by atoms with van der Waals surface area (Å²) in [5.74, 6) is -0.397. The molecule has 2 aromatic rings. The highest BCUT2D eigenvalue weighted by Crippen LogP contribution is 2.15. The van der Waals surface area contributed by atoms with E-state index in [4.69, 9.17) is 0 Å². The van der Waals surface area contributed by atoms with Gasteiger partial charge in [0.05, 0.1) is 16.8 Å². The second-order valence-electron chi connectivity index (χ2n) is 4.09. The van der Waals surface area contributed by atoms with Gasteiger partial charge in [0, 0.05) is 23.8 Å². The van der Waals surface area contributed by atoms with E-state index >= 15 is 0 Å². The normalized spacial score (nSPS) is 10.5. The summed E-state index contributed by atoms with van der Waals surface area (Å²) in [6.07, 6.45) is 1.02. The maximum atomic E-state index is 11.8. The summed E-state index contributed by atoms with van der Waals surface area (Å²) >= 11 is 0. The Bertz CT molecular complexity index is 713. The van der Waals surface area contributed by atoms with Crippen LogP contribution in [0.2, 0.25) is 0 Å². The Morgan fingerprint density at radius 3 is 2.71 bits per heavy atom. The summed E-state index contributed by atoms with van der Waals surface area (Å²) in [4.78, 5) is 21.9. The van der Waals surface area contributed by atoms with Crippen molar-refractivity contribution in [1.82, 2.24) is 0 Å². The number of nitro groups is 1. The van der Waals surface area contributed by atoms with Crippen LogP contribution in [0.4, 0.5) is 11.4 Å². The highest BCUT2D eigenvalue weighted by molar-refractivity contribution is 6.35. The number of hydrogen-bond acceptors (Lipinski definition) is 6. The number of rotatable bonds is 5. The smallest absolute Gasteiger partial charge is 0.270 e. The Kier molecular flexibility index (Phi) is 4.25. The highest BCUT2D eigenvalue weighted by atomic mass is 16.6. The van der Waals surface area contributed by atoms with E-state index in [0.29, 0.717) is 5.69 Å². The van der Waals surface area contributed by atoms with Crippen LogP contribution in [0.5, 0.6) is 5.75 Å². The molecule has 0 atom stereocenters. The van der Waals surface area contributed by atoms with Crippen LogP contribution in [-0.2, 0) is 0 Å². The van der Waals surface area contributed by atoms with Crippen molar-refractivity contribution in [1.29, 1.82) is 0 Å². The number of hydrogen-bond donors (Lipinski definition) is 2. The van der Waals surface area contributed by atoms with Gasteiger partial charge < -0.3 is 5.11 Å². The van der Waals surface area contributed by atoms with Crippen LogP contribution >= 0.6 is 0 Å². The first kappa shape index (κ1) is 14.2. The number of phenolic OH excluding ortho intramolecular Hbond substituents is 1. The number of hydrazone groups is 1. The molecule has 0 saturated heterocycles. The molecule has 7 heteroatoms. The molecule has 0 unspecified atom stereocenters. The standard InChI is InChI=1S/C14H11N3O4/c18-13-6-2-4-11(8-13)16-15-9-14(19)10-3-1-5-12(7-10)17(20)21/h1-9,16,18H/b15-9+. The second kappa shape index (κ2) is 6.29. The first-order chi connectivity index (χ1) is 10.1. The number of Topliss-reactive ketones (excluding diaryl/α,β-unsaturated/α-hetero) is 1. The third kappa shape index (κ3) is 3.87. The largest absolute Gasteiger partial charge is 0.508 e. The van der Waals surface area contributed by atoms with E-state index in [9.17, 15) is 20.0 Å². The summed E-state index contributed by atoms with van der Waals surface area (Å²) in [5.41, 5.74) is 3.11. The SMILES string of the molecule is O=C(/C=N/Nc1cccc(O)c1)c1cccc([N+](=O)[O-])c1. The zero-order valence-corrected chi connectivity index (χ0v) is 10.8. The number of carbonyl (C=O) groups is 1. The predicted octanol–water partition coefficient (Wildman–Crippen LogP) is 2.58. The van der Waals surface area contributed by atoms with Crippen LogP contribution in [0.25, 0.3) is 0 Å². The van der Waals surface area contributed by atoms with Crippen molar-refractivity contribution in [3.05, 3.63) is 64.2 Å².